The third kappa shape index (κ3) is 3.01. The van der Waals surface area contributed by atoms with Crippen LogP contribution in [-0.4, -0.2) is 50.9 Å². The van der Waals surface area contributed by atoms with Crippen LogP contribution in [0.1, 0.15) is 32.1 Å². The van der Waals surface area contributed by atoms with E-state index in [0.29, 0.717) is 24.0 Å². The molecular weight excluding hydrogens is 354 g/mol. The lowest BCUT2D eigenvalue weighted by atomic mass is 9.85. The standard InChI is InChI=1S/C18H23N3O4S/c1-25-18(22)15-10-12-6-2-4-8-14(12)21(15)11-17-19-13-7-3-5-9-16(13)26(23,24)20-17/h3,5,7,9,12,14-15H,2,4,6,8,10-11H2,1H3,(H,19,20). The van der Waals surface area contributed by atoms with Gasteiger partial charge in [-0.1, -0.05) is 25.0 Å². The van der Waals surface area contributed by atoms with Gasteiger partial charge in [0.05, 0.1) is 19.3 Å². The van der Waals surface area contributed by atoms with Crippen molar-refractivity contribution < 1.29 is 17.9 Å². The van der Waals surface area contributed by atoms with Gasteiger partial charge in [0.2, 0.25) is 0 Å². The zero-order chi connectivity index (χ0) is 18.3. The second-order valence-corrected chi connectivity index (χ2v) is 8.77. The van der Waals surface area contributed by atoms with E-state index in [2.05, 4.69) is 14.6 Å². The first-order valence-corrected chi connectivity index (χ1v) is 10.5. The van der Waals surface area contributed by atoms with Crippen LogP contribution in [-0.2, 0) is 19.6 Å². The molecule has 1 aromatic rings. The molecule has 1 aliphatic carbocycles. The van der Waals surface area contributed by atoms with Crippen LogP contribution in [0.15, 0.2) is 33.6 Å². The molecule has 0 aromatic heterocycles. The summed E-state index contributed by atoms with van der Waals surface area (Å²) in [4.78, 5) is 14.6. The Morgan fingerprint density at radius 3 is 2.88 bits per heavy atom. The van der Waals surface area contributed by atoms with Crippen molar-refractivity contribution in [2.75, 3.05) is 19.0 Å². The van der Waals surface area contributed by atoms with E-state index >= 15 is 0 Å². The molecule has 1 saturated heterocycles. The zero-order valence-corrected chi connectivity index (χ0v) is 15.5. The Morgan fingerprint density at radius 1 is 1.31 bits per heavy atom. The van der Waals surface area contributed by atoms with E-state index < -0.39 is 10.0 Å². The number of likely N-dealkylation sites (tertiary alicyclic amines) is 1. The molecule has 7 nitrogen and oxygen atoms in total. The van der Waals surface area contributed by atoms with Crippen molar-refractivity contribution >= 4 is 27.5 Å². The average molecular weight is 377 g/mol. The monoisotopic (exact) mass is 377 g/mol. The van der Waals surface area contributed by atoms with Crippen LogP contribution < -0.4 is 5.32 Å². The maximum Gasteiger partial charge on any atom is 0.323 e. The number of hydrogen-bond acceptors (Lipinski definition) is 6. The molecule has 0 amide bonds. The number of amidine groups is 1. The lowest BCUT2D eigenvalue weighted by molar-refractivity contribution is -0.146. The first-order valence-electron chi connectivity index (χ1n) is 9.03. The zero-order valence-electron chi connectivity index (χ0n) is 14.7. The van der Waals surface area contributed by atoms with Crippen molar-refractivity contribution in [3.8, 4) is 0 Å². The van der Waals surface area contributed by atoms with Crippen molar-refractivity contribution in [3.05, 3.63) is 24.3 Å². The van der Waals surface area contributed by atoms with E-state index in [4.69, 9.17) is 4.74 Å². The number of carbonyl (C=O) groups is 1. The number of para-hydroxylation sites is 1. The first-order chi connectivity index (χ1) is 12.5. The highest BCUT2D eigenvalue weighted by molar-refractivity contribution is 7.90. The highest BCUT2D eigenvalue weighted by Gasteiger charge is 2.46. The number of benzene rings is 1. The van der Waals surface area contributed by atoms with Crippen molar-refractivity contribution in [3.63, 3.8) is 0 Å². The normalized spacial score (nSPS) is 29.9. The quantitative estimate of drug-likeness (QED) is 0.811. The SMILES string of the molecule is COC(=O)C1CC2CCCCC2N1CC1=NS(=O)(=O)c2ccccc2N1. The number of esters is 1. The molecule has 2 fully saturated rings. The molecular formula is C18H23N3O4S. The molecule has 0 bridgehead atoms. The van der Waals surface area contributed by atoms with Crippen molar-refractivity contribution in [2.24, 2.45) is 10.3 Å². The van der Waals surface area contributed by atoms with E-state index in [1.165, 1.54) is 13.5 Å². The van der Waals surface area contributed by atoms with Gasteiger partial charge < -0.3 is 10.1 Å². The van der Waals surface area contributed by atoms with E-state index in [0.717, 1.165) is 25.7 Å². The Labute approximate surface area is 153 Å². The van der Waals surface area contributed by atoms with E-state index in [-0.39, 0.29) is 22.9 Å². The summed E-state index contributed by atoms with van der Waals surface area (Å²) in [6.07, 6.45) is 5.22. The summed E-state index contributed by atoms with van der Waals surface area (Å²) in [6.45, 7) is 0.300. The van der Waals surface area contributed by atoms with Gasteiger partial charge in [0.25, 0.3) is 10.0 Å². The average Bonchev–Trinajstić information content (AvgIpc) is 2.99. The van der Waals surface area contributed by atoms with Gasteiger partial charge in [-0.25, -0.2) is 0 Å². The van der Waals surface area contributed by atoms with Crippen LogP contribution in [0.4, 0.5) is 5.69 Å². The maximum absolute atomic E-state index is 12.5. The van der Waals surface area contributed by atoms with Crippen LogP contribution >= 0.6 is 0 Å². The number of ether oxygens (including phenoxy) is 1. The van der Waals surface area contributed by atoms with Crippen LogP contribution in [0.2, 0.25) is 0 Å². The molecule has 8 heteroatoms. The van der Waals surface area contributed by atoms with E-state index in [1.807, 2.05) is 0 Å². The molecule has 1 saturated carbocycles. The molecule has 1 N–H and O–H groups in total. The van der Waals surface area contributed by atoms with Gasteiger partial charge in [-0.2, -0.15) is 8.42 Å². The minimum Gasteiger partial charge on any atom is -0.468 e. The summed E-state index contributed by atoms with van der Waals surface area (Å²) in [5.74, 6) is 0.573. The fourth-order valence-electron chi connectivity index (χ4n) is 4.56. The highest BCUT2D eigenvalue weighted by Crippen LogP contribution is 2.40. The van der Waals surface area contributed by atoms with Gasteiger partial charge in [0.15, 0.2) is 0 Å². The number of methoxy groups -OCH3 is 1. The lowest BCUT2D eigenvalue weighted by Gasteiger charge is -2.34. The third-order valence-corrected chi connectivity index (χ3v) is 7.07. The molecule has 26 heavy (non-hydrogen) atoms. The molecule has 3 aliphatic rings. The summed E-state index contributed by atoms with van der Waals surface area (Å²) >= 11 is 0. The van der Waals surface area contributed by atoms with E-state index in [1.54, 1.807) is 24.3 Å². The lowest BCUT2D eigenvalue weighted by Crippen LogP contribution is -2.47. The number of hydrogen-bond donors (Lipinski definition) is 1. The maximum atomic E-state index is 12.5. The molecule has 140 valence electrons. The van der Waals surface area contributed by atoms with Gasteiger partial charge in [0.1, 0.15) is 16.8 Å². The number of nitrogens with zero attached hydrogens (tertiary/aromatic N) is 2. The third-order valence-electron chi connectivity index (χ3n) is 5.70. The second kappa shape index (κ2) is 6.66. The largest absolute Gasteiger partial charge is 0.468 e. The Kier molecular flexibility index (Phi) is 4.48. The van der Waals surface area contributed by atoms with Gasteiger partial charge in [0, 0.05) is 6.04 Å². The minimum absolute atomic E-state index is 0.185. The molecule has 0 radical (unpaired) electrons. The number of anilines is 1. The Bertz CT molecular complexity index is 852. The topological polar surface area (TPSA) is 88.1 Å². The number of fused-ring (bicyclic) bond motifs is 2. The predicted octanol–water partition coefficient (Wildman–Crippen LogP) is 2.01. The highest BCUT2D eigenvalue weighted by atomic mass is 32.2. The Balaban J connectivity index is 1.62. The summed E-state index contributed by atoms with van der Waals surface area (Å²) in [5, 5.41) is 3.13. The van der Waals surface area contributed by atoms with Gasteiger partial charge in [-0.15, -0.1) is 4.40 Å². The predicted molar refractivity (Wildman–Crippen MR) is 97.6 cm³/mol. The van der Waals surface area contributed by atoms with Crippen molar-refractivity contribution in [1.82, 2.24) is 4.90 Å². The van der Waals surface area contributed by atoms with Crippen molar-refractivity contribution in [1.29, 1.82) is 0 Å². The molecule has 0 spiro atoms. The minimum atomic E-state index is -3.72. The van der Waals surface area contributed by atoms with Crippen LogP contribution in [0.3, 0.4) is 0 Å². The molecule has 1 aromatic carbocycles. The smallest absolute Gasteiger partial charge is 0.323 e. The number of sulfonamides is 1. The Morgan fingerprint density at radius 2 is 2.08 bits per heavy atom. The van der Waals surface area contributed by atoms with Crippen LogP contribution in [0.25, 0.3) is 0 Å². The summed E-state index contributed by atoms with van der Waals surface area (Å²) in [6, 6.07) is 6.68. The number of rotatable bonds is 3. The molecule has 2 aliphatic heterocycles. The molecule has 2 heterocycles. The molecule has 4 rings (SSSR count). The molecule has 3 atom stereocenters. The Hall–Kier alpha value is -1.93. The summed E-state index contributed by atoms with van der Waals surface area (Å²) < 4.78 is 33.9. The summed E-state index contributed by atoms with van der Waals surface area (Å²) in [7, 11) is -2.32. The fourth-order valence-corrected chi connectivity index (χ4v) is 5.70. The van der Waals surface area contributed by atoms with Gasteiger partial charge in [-0.3, -0.25) is 9.69 Å². The van der Waals surface area contributed by atoms with Crippen molar-refractivity contribution in [2.45, 2.75) is 49.1 Å². The van der Waals surface area contributed by atoms with E-state index in [9.17, 15) is 13.2 Å². The van der Waals surface area contributed by atoms with Gasteiger partial charge in [-0.05, 0) is 37.3 Å². The number of carbonyl (C=O) groups excluding carboxylic acids is 1. The second-order valence-electron chi connectivity index (χ2n) is 7.19. The van der Waals surface area contributed by atoms with Crippen LogP contribution in [0, 0.1) is 5.92 Å². The van der Waals surface area contributed by atoms with Crippen LogP contribution in [0.5, 0.6) is 0 Å². The fraction of sp³-hybridized carbons (Fsp3) is 0.556. The van der Waals surface area contributed by atoms with Gasteiger partial charge >= 0.3 is 5.97 Å². The summed E-state index contributed by atoms with van der Waals surface area (Å²) in [5.41, 5.74) is 0.534. The number of nitrogens with one attached hydrogen (secondary N) is 1. The molecule has 3 unspecified atom stereocenters. The first kappa shape index (κ1) is 17.5.